The summed E-state index contributed by atoms with van der Waals surface area (Å²) in [4.78, 5) is 39.7. The van der Waals surface area contributed by atoms with Crippen LogP contribution in [0, 0.1) is 0 Å². The first-order valence-electron chi connectivity index (χ1n) is 9.41. The smallest absolute Gasteiger partial charge is 0.337 e. The number of nitrogens with one attached hydrogen (secondary N) is 1. The molecule has 3 rings (SSSR count). The lowest BCUT2D eigenvalue weighted by Crippen LogP contribution is -2.48. The molecule has 0 fully saturated rings. The zero-order chi connectivity index (χ0) is 22.4. The second kappa shape index (κ2) is 9.64. The molecule has 8 nitrogen and oxygen atoms in total. The molecule has 2 atom stereocenters. The molecule has 8 heteroatoms. The van der Waals surface area contributed by atoms with Crippen molar-refractivity contribution in [2.45, 2.75) is 18.6 Å². The molecule has 1 heterocycles. The van der Waals surface area contributed by atoms with E-state index in [0.717, 1.165) is 5.56 Å². The number of carboxylic acid groups (broad SMARTS) is 2. The van der Waals surface area contributed by atoms with Crippen LogP contribution in [-0.2, 0) is 11.2 Å². The highest BCUT2D eigenvalue weighted by atomic mass is 16.4. The van der Waals surface area contributed by atoms with Crippen molar-refractivity contribution in [2.75, 3.05) is 0 Å². The Morgan fingerprint density at radius 2 is 1.68 bits per heavy atom. The van der Waals surface area contributed by atoms with E-state index in [0.29, 0.717) is 5.56 Å². The molecule has 1 aromatic heterocycles. The quantitative estimate of drug-likeness (QED) is 0.439. The van der Waals surface area contributed by atoms with Gasteiger partial charge in [0.1, 0.15) is 0 Å². The predicted octanol–water partition coefficient (Wildman–Crippen LogP) is 2.23. The second-order valence-electron chi connectivity index (χ2n) is 6.84. The van der Waals surface area contributed by atoms with Crippen LogP contribution in [0.15, 0.2) is 72.9 Å². The predicted molar refractivity (Wildman–Crippen MR) is 112 cm³/mol. The minimum absolute atomic E-state index is 0.0108. The topological polar surface area (TPSA) is 137 Å². The van der Waals surface area contributed by atoms with Gasteiger partial charge in [0.05, 0.1) is 17.3 Å². The molecular formula is C23H20N2O6. The number of amides is 1. The van der Waals surface area contributed by atoms with Crippen LogP contribution in [0.2, 0.25) is 0 Å². The molecule has 0 saturated heterocycles. The van der Waals surface area contributed by atoms with E-state index in [2.05, 4.69) is 10.3 Å². The van der Waals surface area contributed by atoms with Crippen molar-refractivity contribution < 1.29 is 29.7 Å². The van der Waals surface area contributed by atoms with Gasteiger partial charge < -0.3 is 20.6 Å². The van der Waals surface area contributed by atoms with Crippen molar-refractivity contribution in [3.8, 4) is 11.3 Å². The molecular weight excluding hydrogens is 400 g/mol. The molecule has 0 aliphatic carbocycles. The Morgan fingerprint density at radius 3 is 2.35 bits per heavy atom. The lowest BCUT2D eigenvalue weighted by molar-refractivity contribution is -0.148. The van der Waals surface area contributed by atoms with Gasteiger partial charge in [0.15, 0.2) is 6.10 Å². The maximum atomic E-state index is 12.8. The van der Waals surface area contributed by atoms with E-state index in [-0.39, 0.29) is 23.2 Å². The standard InChI is InChI=1S/C23H20N2O6/c26-20(23(30)31)18(12-14-6-2-1-3-7-14)25-21(27)16-9-4-8-15(13-16)19-17(22(28)29)10-5-11-24-19/h1-11,13,18,20,26H,12H2,(H,25,27)(H,28,29)(H,30,31). The fraction of sp³-hybridized carbons (Fsp3) is 0.130. The summed E-state index contributed by atoms with van der Waals surface area (Å²) >= 11 is 0. The second-order valence-corrected chi connectivity index (χ2v) is 6.84. The molecule has 0 spiro atoms. The number of aliphatic hydroxyl groups excluding tert-OH is 1. The van der Waals surface area contributed by atoms with E-state index < -0.39 is 30.0 Å². The molecule has 3 aromatic rings. The van der Waals surface area contributed by atoms with Crippen molar-refractivity contribution in [2.24, 2.45) is 0 Å². The fourth-order valence-corrected chi connectivity index (χ4v) is 3.15. The van der Waals surface area contributed by atoms with Crippen molar-refractivity contribution in [1.82, 2.24) is 10.3 Å². The molecule has 0 aliphatic rings. The monoisotopic (exact) mass is 420 g/mol. The number of carboxylic acids is 2. The van der Waals surface area contributed by atoms with E-state index in [1.807, 2.05) is 0 Å². The summed E-state index contributed by atoms with van der Waals surface area (Å²) in [5.74, 6) is -3.20. The summed E-state index contributed by atoms with van der Waals surface area (Å²) in [5.41, 5.74) is 1.54. The van der Waals surface area contributed by atoms with Gasteiger partial charge in [0.25, 0.3) is 5.91 Å². The lowest BCUT2D eigenvalue weighted by Gasteiger charge is -2.22. The minimum atomic E-state index is -1.80. The van der Waals surface area contributed by atoms with Gasteiger partial charge in [-0.05, 0) is 36.2 Å². The molecule has 2 unspecified atom stereocenters. The molecule has 31 heavy (non-hydrogen) atoms. The van der Waals surface area contributed by atoms with Crippen LogP contribution in [0.4, 0.5) is 0 Å². The van der Waals surface area contributed by atoms with Crippen molar-refractivity contribution in [3.63, 3.8) is 0 Å². The largest absolute Gasteiger partial charge is 0.479 e. The Balaban J connectivity index is 1.87. The average Bonchev–Trinajstić information content (AvgIpc) is 2.78. The van der Waals surface area contributed by atoms with Crippen LogP contribution in [0.25, 0.3) is 11.3 Å². The van der Waals surface area contributed by atoms with Gasteiger partial charge in [-0.1, -0.05) is 42.5 Å². The summed E-state index contributed by atoms with van der Waals surface area (Å²) in [6.45, 7) is 0. The van der Waals surface area contributed by atoms with Gasteiger partial charge in [-0.25, -0.2) is 9.59 Å². The van der Waals surface area contributed by atoms with Gasteiger partial charge in [-0.2, -0.15) is 0 Å². The van der Waals surface area contributed by atoms with Gasteiger partial charge in [0.2, 0.25) is 0 Å². The van der Waals surface area contributed by atoms with Gasteiger partial charge in [-0.3, -0.25) is 9.78 Å². The molecule has 0 saturated carbocycles. The zero-order valence-electron chi connectivity index (χ0n) is 16.3. The highest BCUT2D eigenvalue weighted by Crippen LogP contribution is 2.22. The highest BCUT2D eigenvalue weighted by molar-refractivity contribution is 5.98. The van der Waals surface area contributed by atoms with Crippen molar-refractivity contribution >= 4 is 17.8 Å². The third-order valence-electron chi connectivity index (χ3n) is 4.69. The number of aromatic carboxylic acids is 1. The number of hydrogen-bond acceptors (Lipinski definition) is 5. The minimum Gasteiger partial charge on any atom is -0.479 e. The Morgan fingerprint density at radius 1 is 0.935 bits per heavy atom. The van der Waals surface area contributed by atoms with Crippen LogP contribution < -0.4 is 5.32 Å². The van der Waals surface area contributed by atoms with E-state index in [1.54, 1.807) is 42.5 Å². The first-order valence-corrected chi connectivity index (χ1v) is 9.41. The SMILES string of the molecule is O=C(NC(Cc1ccccc1)C(O)C(=O)O)c1cccc(-c2ncccc2C(=O)O)c1. The molecule has 0 radical (unpaired) electrons. The summed E-state index contributed by atoms with van der Waals surface area (Å²) in [5, 5.41) is 31.3. The van der Waals surface area contributed by atoms with Gasteiger partial charge >= 0.3 is 11.9 Å². The summed E-state index contributed by atoms with van der Waals surface area (Å²) in [6, 6.07) is 16.9. The molecule has 2 aromatic carbocycles. The fourth-order valence-electron chi connectivity index (χ4n) is 3.15. The average molecular weight is 420 g/mol. The Hall–Kier alpha value is -4.04. The zero-order valence-corrected chi connectivity index (χ0v) is 16.3. The first kappa shape index (κ1) is 21.7. The number of aliphatic hydroxyl groups is 1. The van der Waals surface area contributed by atoms with Crippen LogP contribution in [0.5, 0.6) is 0 Å². The van der Waals surface area contributed by atoms with E-state index in [9.17, 15) is 29.7 Å². The molecule has 158 valence electrons. The van der Waals surface area contributed by atoms with Gasteiger partial charge in [-0.15, -0.1) is 0 Å². The number of pyridine rings is 1. The lowest BCUT2D eigenvalue weighted by atomic mass is 9.99. The van der Waals surface area contributed by atoms with Crippen LogP contribution in [-0.4, -0.2) is 50.3 Å². The number of aromatic nitrogens is 1. The Kier molecular flexibility index (Phi) is 6.74. The van der Waals surface area contributed by atoms with E-state index >= 15 is 0 Å². The van der Waals surface area contributed by atoms with Crippen molar-refractivity contribution in [1.29, 1.82) is 0 Å². The molecule has 1 amide bonds. The number of carbonyl (C=O) groups excluding carboxylic acids is 1. The number of benzene rings is 2. The number of rotatable bonds is 8. The number of nitrogens with zero attached hydrogens (tertiary/aromatic N) is 1. The molecule has 0 aliphatic heterocycles. The van der Waals surface area contributed by atoms with Gasteiger partial charge in [0, 0.05) is 17.3 Å². The molecule has 0 bridgehead atoms. The Bertz CT molecular complexity index is 1100. The van der Waals surface area contributed by atoms with Crippen LogP contribution in [0.3, 0.4) is 0 Å². The first-order chi connectivity index (χ1) is 14.9. The summed E-state index contributed by atoms with van der Waals surface area (Å²) in [6.07, 6.45) is -0.238. The highest BCUT2D eigenvalue weighted by Gasteiger charge is 2.28. The van der Waals surface area contributed by atoms with Crippen LogP contribution >= 0.6 is 0 Å². The number of aliphatic carboxylic acids is 1. The maximum Gasteiger partial charge on any atom is 0.337 e. The van der Waals surface area contributed by atoms with E-state index in [1.165, 1.54) is 30.5 Å². The normalized spacial score (nSPS) is 12.5. The van der Waals surface area contributed by atoms with Crippen molar-refractivity contribution in [3.05, 3.63) is 89.6 Å². The third kappa shape index (κ3) is 5.31. The number of carbonyl (C=O) groups is 3. The number of hydrogen-bond donors (Lipinski definition) is 4. The van der Waals surface area contributed by atoms with Crippen LogP contribution in [0.1, 0.15) is 26.3 Å². The third-order valence-corrected chi connectivity index (χ3v) is 4.69. The maximum absolute atomic E-state index is 12.8. The Labute approximate surface area is 177 Å². The summed E-state index contributed by atoms with van der Waals surface area (Å²) in [7, 11) is 0. The molecule has 4 N–H and O–H groups in total. The van der Waals surface area contributed by atoms with E-state index in [4.69, 9.17) is 0 Å². The summed E-state index contributed by atoms with van der Waals surface area (Å²) < 4.78 is 0.